The molecule has 0 bridgehead atoms. The first-order valence-electron chi connectivity index (χ1n) is 6.22. The van der Waals surface area contributed by atoms with Crippen molar-refractivity contribution in [3.63, 3.8) is 0 Å². The van der Waals surface area contributed by atoms with E-state index in [1.54, 1.807) is 12.5 Å². The normalized spacial score (nSPS) is 12.5. The Kier molecular flexibility index (Phi) is 2.87. The summed E-state index contributed by atoms with van der Waals surface area (Å²) in [6.45, 7) is 4.14. The molecule has 0 saturated carbocycles. The highest BCUT2D eigenvalue weighted by Gasteiger charge is 2.16. The molecule has 0 radical (unpaired) electrons. The lowest BCUT2D eigenvalue weighted by molar-refractivity contribution is 0.528. The summed E-state index contributed by atoms with van der Waals surface area (Å²) in [5.41, 5.74) is 2.29. The van der Waals surface area contributed by atoms with Crippen LogP contribution in [0.1, 0.15) is 24.4 Å². The lowest BCUT2D eigenvalue weighted by atomic mass is 10.2. The van der Waals surface area contributed by atoms with Crippen LogP contribution in [0.3, 0.4) is 0 Å². The zero-order chi connectivity index (χ0) is 13.2. The maximum atomic E-state index is 4.26. The van der Waals surface area contributed by atoms with E-state index in [0.29, 0.717) is 0 Å². The van der Waals surface area contributed by atoms with E-state index < -0.39 is 0 Å². The first kappa shape index (κ1) is 11.6. The van der Waals surface area contributed by atoms with Crippen LogP contribution in [0.25, 0.3) is 5.69 Å². The van der Waals surface area contributed by atoms with Crippen LogP contribution >= 0.6 is 0 Å². The lowest BCUT2D eigenvalue weighted by Gasteiger charge is -2.14. The summed E-state index contributed by atoms with van der Waals surface area (Å²) in [4.78, 5) is 0. The zero-order valence-corrected chi connectivity index (χ0v) is 10.9. The predicted octanol–water partition coefficient (Wildman–Crippen LogP) is 2.38. The van der Waals surface area contributed by atoms with Gasteiger partial charge in [0.2, 0.25) is 0 Å². The molecule has 5 heteroatoms. The van der Waals surface area contributed by atoms with Gasteiger partial charge in [0.05, 0.1) is 5.69 Å². The molecule has 0 spiro atoms. The number of aromatic nitrogens is 5. The van der Waals surface area contributed by atoms with Crippen molar-refractivity contribution in [1.82, 2.24) is 24.5 Å². The molecule has 0 aliphatic heterocycles. The maximum Gasteiger partial charge on any atom is 0.162 e. The van der Waals surface area contributed by atoms with Crippen LogP contribution in [0.5, 0.6) is 0 Å². The molecule has 5 nitrogen and oxygen atoms in total. The number of nitrogens with zero attached hydrogens (tertiary/aromatic N) is 5. The van der Waals surface area contributed by atoms with Crippen LogP contribution in [0.2, 0.25) is 0 Å². The Morgan fingerprint density at radius 1 is 1.16 bits per heavy atom. The largest absolute Gasteiger partial charge is 0.284 e. The number of para-hydroxylation sites is 1. The molecule has 0 fully saturated rings. The molecule has 1 atom stereocenters. The van der Waals surface area contributed by atoms with Gasteiger partial charge in [0, 0.05) is 12.4 Å². The average molecular weight is 253 g/mol. The monoisotopic (exact) mass is 253 g/mol. The third-order valence-electron chi connectivity index (χ3n) is 3.24. The Bertz CT molecular complexity index is 669. The second-order valence-corrected chi connectivity index (χ2v) is 4.51. The van der Waals surface area contributed by atoms with Crippen LogP contribution in [-0.2, 0) is 0 Å². The second-order valence-electron chi connectivity index (χ2n) is 4.51. The number of rotatable bonds is 3. The molecule has 19 heavy (non-hydrogen) atoms. The molecule has 3 aromatic rings. The Hall–Kier alpha value is -2.43. The van der Waals surface area contributed by atoms with E-state index in [0.717, 1.165) is 11.5 Å². The van der Waals surface area contributed by atoms with E-state index in [1.807, 2.05) is 33.6 Å². The first-order valence-corrected chi connectivity index (χ1v) is 6.22. The molecule has 0 aliphatic carbocycles. The minimum Gasteiger partial charge on any atom is -0.284 e. The standard InChI is InChI=1S/C14H15N5/c1-11-6-3-4-7-13(11)18-10-15-17-14(18)12(2)19-9-5-8-16-19/h3-10,12H,1-2H3/t12-/m0/s1. The highest BCUT2D eigenvalue weighted by molar-refractivity contribution is 5.40. The smallest absolute Gasteiger partial charge is 0.162 e. The molecular formula is C14H15N5. The molecule has 0 saturated heterocycles. The van der Waals surface area contributed by atoms with E-state index in [9.17, 15) is 0 Å². The fourth-order valence-electron chi connectivity index (χ4n) is 2.18. The Balaban J connectivity index is 2.06. The number of benzene rings is 1. The van der Waals surface area contributed by atoms with Crippen molar-refractivity contribution in [2.45, 2.75) is 19.9 Å². The van der Waals surface area contributed by atoms with Gasteiger partial charge in [-0.1, -0.05) is 18.2 Å². The van der Waals surface area contributed by atoms with Crippen molar-refractivity contribution in [1.29, 1.82) is 0 Å². The summed E-state index contributed by atoms with van der Waals surface area (Å²) < 4.78 is 3.89. The molecule has 0 amide bonds. The molecular weight excluding hydrogens is 238 g/mol. The average Bonchev–Trinajstić information content (AvgIpc) is 3.10. The van der Waals surface area contributed by atoms with Gasteiger partial charge in [0.1, 0.15) is 12.4 Å². The molecule has 96 valence electrons. The van der Waals surface area contributed by atoms with Gasteiger partial charge < -0.3 is 0 Å². The zero-order valence-electron chi connectivity index (χ0n) is 10.9. The summed E-state index contributed by atoms with van der Waals surface area (Å²) in [6.07, 6.45) is 5.45. The molecule has 3 rings (SSSR count). The highest BCUT2D eigenvalue weighted by Crippen LogP contribution is 2.20. The van der Waals surface area contributed by atoms with Crippen LogP contribution in [0.4, 0.5) is 0 Å². The third kappa shape index (κ3) is 2.03. The van der Waals surface area contributed by atoms with Crippen molar-refractivity contribution < 1.29 is 0 Å². The van der Waals surface area contributed by atoms with Crippen molar-refractivity contribution >= 4 is 0 Å². The van der Waals surface area contributed by atoms with Gasteiger partial charge in [-0.3, -0.25) is 9.25 Å². The van der Waals surface area contributed by atoms with Gasteiger partial charge in [-0.15, -0.1) is 10.2 Å². The van der Waals surface area contributed by atoms with E-state index in [1.165, 1.54) is 5.56 Å². The first-order chi connectivity index (χ1) is 9.27. The number of hydrogen-bond donors (Lipinski definition) is 0. The highest BCUT2D eigenvalue weighted by atomic mass is 15.3. The van der Waals surface area contributed by atoms with E-state index in [2.05, 4.69) is 41.3 Å². The molecule has 2 heterocycles. The van der Waals surface area contributed by atoms with Crippen LogP contribution < -0.4 is 0 Å². The van der Waals surface area contributed by atoms with Crippen LogP contribution in [0, 0.1) is 6.92 Å². The van der Waals surface area contributed by atoms with Crippen LogP contribution in [0.15, 0.2) is 49.1 Å². The maximum absolute atomic E-state index is 4.26. The Morgan fingerprint density at radius 2 is 2.00 bits per heavy atom. The van der Waals surface area contributed by atoms with Crippen LogP contribution in [-0.4, -0.2) is 24.5 Å². The van der Waals surface area contributed by atoms with E-state index in [-0.39, 0.29) is 6.04 Å². The fourth-order valence-corrected chi connectivity index (χ4v) is 2.18. The van der Waals surface area contributed by atoms with Gasteiger partial charge in [0.15, 0.2) is 5.82 Å². The summed E-state index contributed by atoms with van der Waals surface area (Å²) >= 11 is 0. The summed E-state index contributed by atoms with van der Waals surface area (Å²) in [5, 5.41) is 12.5. The second kappa shape index (κ2) is 4.68. The van der Waals surface area contributed by atoms with Crippen molar-refractivity contribution in [2.75, 3.05) is 0 Å². The van der Waals surface area contributed by atoms with Gasteiger partial charge in [0.25, 0.3) is 0 Å². The quantitative estimate of drug-likeness (QED) is 0.720. The van der Waals surface area contributed by atoms with Crippen molar-refractivity contribution in [3.05, 3.63) is 60.4 Å². The Labute approximate surface area is 111 Å². The number of aryl methyl sites for hydroxylation is 1. The minimum atomic E-state index is 0.0390. The van der Waals surface area contributed by atoms with Crippen molar-refractivity contribution in [3.8, 4) is 5.69 Å². The van der Waals surface area contributed by atoms with E-state index >= 15 is 0 Å². The summed E-state index contributed by atoms with van der Waals surface area (Å²) in [7, 11) is 0. The third-order valence-corrected chi connectivity index (χ3v) is 3.24. The van der Waals surface area contributed by atoms with Crippen molar-refractivity contribution in [2.24, 2.45) is 0 Å². The SMILES string of the molecule is Cc1ccccc1-n1cnnc1[C@H](C)n1cccn1. The summed E-state index contributed by atoms with van der Waals surface area (Å²) in [6, 6.07) is 10.1. The Morgan fingerprint density at radius 3 is 2.74 bits per heavy atom. The fraction of sp³-hybridized carbons (Fsp3) is 0.214. The van der Waals surface area contributed by atoms with Gasteiger partial charge >= 0.3 is 0 Å². The molecule has 2 aromatic heterocycles. The molecule has 0 unspecified atom stereocenters. The topological polar surface area (TPSA) is 48.5 Å². The molecule has 0 N–H and O–H groups in total. The molecule has 0 aliphatic rings. The van der Waals surface area contributed by atoms with Gasteiger partial charge in [-0.25, -0.2) is 0 Å². The van der Waals surface area contributed by atoms with Gasteiger partial charge in [-0.2, -0.15) is 5.10 Å². The van der Waals surface area contributed by atoms with E-state index in [4.69, 9.17) is 0 Å². The summed E-state index contributed by atoms with van der Waals surface area (Å²) in [5.74, 6) is 0.873. The number of hydrogen-bond acceptors (Lipinski definition) is 3. The predicted molar refractivity (Wildman–Crippen MR) is 72.1 cm³/mol. The van der Waals surface area contributed by atoms with Gasteiger partial charge in [-0.05, 0) is 31.5 Å². The lowest BCUT2D eigenvalue weighted by Crippen LogP contribution is -2.13. The molecule has 1 aromatic carbocycles. The minimum absolute atomic E-state index is 0.0390.